The first kappa shape index (κ1) is 40.4. The van der Waals surface area contributed by atoms with Gasteiger partial charge in [-0.3, -0.25) is 19.8 Å². The van der Waals surface area contributed by atoms with Gasteiger partial charge < -0.3 is 24.1 Å². The summed E-state index contributed by atoms with van der Waals surface area (Å²) in [6.07, 6.45) is 12.5. The minimum atomic E-state index is -4.56. The Bertz CT molecular complexity index is 2450. The van der Waals surface area contributed by atoms with Gasteiger partial charge in [0, 0.05) is 75.3 Å². The second-order valence-electron chi connectivity index (χ2n) is 18.9. The van der Waals surface area contributed by atoms with Crippen LogP contribution in [-0.2, 0) is 14.8 Å². The number of aromatic nitrogens is 2. The summed E-state index contributed by atoms with van der Waals surface area (Å²) in [7, 11) is -4.56. The summed E-state index contributed by atoms with van der Waals surface area (Å²) in [5, 5.41) is 12.8. The maximum atomic E-state index is 13.9. The van der Waals surface area contributed by atoms with E-state index >= 15 is 0 Å². The van der Waals surface area contributed by atoms with Crippen LogP contribution in [0.3, 0.4) is 0 Å². The van der Waals surface area contributed by atoms with E-state index in [2.05, 4.69) is 45.3 Å². The van der Waals surface area contributed by atoms with E-state index in [1.807, 2.05) is 6.07 Å². The molecule has 0 unspecified atom stereocenters. The van der Waals surface area contributed by atoms with Crippen molar-refractivity contribution < 1.29 is 32.3 Å². The SMILES string of the molecule is CC1(C)CCC(CN2CCN(c3ccc(C(=O)NS(=O)(=O)c4ccc(OCC5CCOCC5)c([N+](=O)[O-])c4)c(Oc4cnc5[nH]ccc5c4)c3)CC2)=C(C23CC(C)(C2)C3)C1. The summed E-state index contributed by atoms with van der Waals surface area (Å²) in [5.74, 6) is -0.308. The minimum absolute atomic E-state index is 0.0248. The number of allylic oxidation sites excluding steroid dienone is 1. The van der Waals surface area contributed by atoms with Crippen LogP contribution in [0, 0.1) is 32.3 Å². The molecule has 3 saturated carbocycles. The van der Waals surface area contributed by atoms with Crippen LogP contribution in [0.25, 0.3) is 11.0 Å². The molecule has 4 heterocycles. The molecule has 0 spiro atoms. The molecule has 0 radical (unpaired) electrons. The third kappa shape index (κ3) is 8.11. The highest BCUT2D eigenvalue weighted by Crippen LogP contribution is 2.77. The van der Waals surface area contributed by atoms with Crippen LogP contribution in [0.2, 0.25) is 0 Å². The van der Waals surface area contributed by atoms with Crippen molar-refractivity contribution in [2.75, 3.05) is 57.4 Å². The van der Waals surface area contributed by atoms with Gasteiger partial charge in [-0.25, -0.2) is 18.1 Å². The van der Waals surface area contributed by atoms with Crippen LogP contribution in [0.1, 0.15) is 82.5 Å². The van der Waals surface area contributed by atoms with E-state index in [9.17, 15) is 23.3 Å². The second-order valence-corrected chi connectivity index (χ2v) is 20.5. The summed E-state index contributed by atoms with van der Waals surface area (Å²) in [6, 6.07) is 12.1. The number of nitro benzene ring substituents is 1. The number of rotatable bonds is 13. The number of sulfonamides is 1. The van der Waals surface area contributed by atoms with E-state index in [4.69, 9.17) is 14.2 Å². The van der Waals surface area contributed by atoms with Gasteiger partial charge in [-0.05, 0) is 110 Å². The van der Waals surface area contributed by atoms with Crippen LogP contribution >= 0.6 is 0 Å². The molecule has 10 rings (SSSR count). The predicted octanol–water partition coefficient (Wildman–Crippen LogP) is 8.01. The number of fused-ring (bicyclic) bond motifs is 1. The van der Waals surface area contributed by atoms with Gasteiger partial charge in [0.1, 0.15) is 17.1 Å². The number of ether oxygens (including phenoxy) is 3. The average molecular weight is 839 g/mol. The van der Waals surface area contributed by atoms with Crippen molar-refractivity contribution in [3.05, 3.63) is 87.7 Å². The summed E-state index contributed by atoms with van der Waals surface area (Å²) in [4.78, 5) is 37.1. The molecule has 2 aromatic carbocycles. The topological polar surface area (TPSA) is 169 Å². The fourth-order valence-corrected chi connectivity index (χ4v) is 11.5. The Hall–Kier alpha value is -4.99. The van der Waals surface area contributed by atoms with Crippen molar-refractivity contribution in [3.8, 4) is 17.2 Å². The largest absolute Gasteiger partial charge is 0.487 e. The lowest BCUT2D eigenvalue weighted by atomic mass is 9.33. The number of nitrogens with zero attached hydrogens (tertiary/aromatic N) is 4. The first-order chi connectivity index (χ1) is 28.7. The highest BCUT2D eigenvalue weighted by Gasteiger charge is 2.66. The van der Waals surface area contributed by atoms with E-state index in [0.717, 1.165) is 62.7 Å². The third-order valence-electron chi connectivity index (χ3n) is 13.6. The number of carbonyl (C=O) groups excluding carboxylic acids is 1. The molecule has 1 amide bonds. The van der Waals surface area contributed by atoms with Crippen LogP contribution in [-0.4, -0.2) is 86.7 Å². The van der Waals surface area contributed by atoms with Gasteiger partial charge in [0.2, 0.25) is 0 Å². The number of nitro groups is 1. The van der Waals surface area contributed by atoms with Crippen molar-refractivity contribution in [1.29, 1.82) is 0 Å². The molecule has 0 atom stereocenters. The molecule has 2 N–H and O–H groups in total. The van der Waals surface area contributed by atoms with Gasteiger partial charge in [0.15, 0.2) is 5.75 Å². The van der Waals surface area contributed by atoms with Gasteiger partial charge >= 0.3 is 5.69 Å². The smallest absolute Gasteiger partial charge is 0.312 e. The molecule has 14 nitrogen and oxygen atoms in total. The Kier molecular flexibility index (Phi) is 10.4. The van der Waals surface area contributed by atoms with E-state index in [0.29, 0.717) is 40.9 Å². The van der Waals surface area contributed by atoms with Gasteiger partial charge in [0.05, 0.1) is 28.2 Å². The quantitative estimate of drug-likeness (QED) is 0.0760. The Labute approximate surface area is 350 Å². The number of hydrogen-bond donors (Lipinski definition) is 2. The van der Waals surface area contributed by atoms with Crippen molar-refractivity contribution in [2.45, 2.75) is 77.0 Å². The first-order valence-corrected chi connectivity index (χ1v) is 22.6. The van der Waals surface area contributed by atoms with Crippen molar-refractivity contribution in [1.82, 2.24) is 19.6 Å². The molecule has 60 heavy (non-hydrogen) atoms. The number of carbonyl (C=O) groups is 1. The van der Waals surface area contributed by atoms with Gasteiger partial charge in [-0.1, -0.05) is 31.9 Å². The monoisotopic (exact) mass is 838 g/mol. The van der Waals surface area contributed by atoms with Crippen molar-refractivity contribution >= 4 is 38.3 Å². The summed E-state index contributed by atoms with van der Waals surface area (Å²) >= 11 is 0. The second kappa shape index (κ2) is 15.5. The molecule has 2 aromatic heterocycles. The number of hydrogen-bond acceptors (Lipinski definition) is 11. The zero-order valence-corrected chi connectivity index (χ0v) is 35.4. The van der Waals surface area contributed by atoms with Crippen LogP contribution in [0.5, 0.6) is 17.2 Å². The normalized spacial score (nSPS) is 24.4. The maximum Gasteiger partial charge on any atom is 0.312 e. The minimum Gasteiger partial charge on any atom is -0.487 e. The zero-order valence-electron chi connectivity index (χ0n) is 34.6. The fraction of sp³-hybridized carbons (Fsp3) is 0.511. The van der Waals surface area contributed by atoms with Gasteiger partial charge in [0.25, 0.3) is 15.9 Å². The van der Waals surface area contributed by atoms with E-state index in [1.165, 1.54) is 56.9 Å². The number of anilines is 1. The number of pyridine rings is 1. The lowest BCUT2D eigenvalue weighted by Gasteiger charge is -2.72. The molecular weight excluding hydrogens is 785 g/mol. The standard InChI is InChI=1S/C45H54N6O8S/c1-43(2)12-8-32(37(23-43)45-27-44(3,28-45)29-45)25-49-14-16-50(17-15-49)33-4-6-36(40(21-33)59-34-20-31-9-13-46-41(31)47-24-34)42(52)48-60(55,56)35-5-7-39(38(22-35)51(53)54)58-26-30-10-18-57-19-11-30/h4-7,9,13,20-22,24,30H,8,10-12,14-19,23,25-29H2,1-3H3,(H,46,47)(H,48,52). The Morgan fingerprint density at radius 2 is 1.78 bits per heavy atom. The number of nitrogens with one attached hydrogen (secondary N) is 2. The molecule has 4 aliphatic carbocycles. The number of benzene rings is 2. The number of H-pyrrole nitrogens is 1. The Balaban J connectivity index is 0.922. The fourth-order valence-electron chi connectivity index (χ4n) is 10.5. The van der Waals surface area contributed by atoms with Crippen LogP contribution in [0.15, 0.2) is 77.0 Å². The zero-order chi connectivity index (χ0) is 41.9. The lowest BCUT2D eigenvalue weighted by molar-refractivity contribution is -0.386. The predicted molar refractivity (Wildman–Crippen MR) is 227 cm³/mol. The van der Waals surface area contributed by atoms with Crippen LogP contribution in [0.4, 0.5) is 11.4 Å². The maximum absolute atomic E-state index is 13.9. The molecule has 2 bridgehead atoms. The third-order valence-corrected chi connectivity index (χ3v) is 14.9. The van der Waals surface area contributed by atoms with Crippen molar-refractivity contribution in [2.24, 2.45) is 22.2 Å². The first-order valence-electron chi connectivity index (χ1n) is 21.2. The van der Waals surface area contributed by atoms with E-state index in [-0.39, 0.29) is 29.6 Å². The molecule has 6 aliphatic rings. The van der Waals surface area contributed by atoms with E-state index in [1.54, 1.807) is 41.6 Å². The molecule has 5 fully saturated rings. The van der Waals surface area contributed by atoms with Crippen molar-refractivity contribution in [3.63, 3.8) is 0 Å². The van der Waals surface area contributed by atoms with Gasteiger partial charge in [-0.15, -0.1) is 0 Å². The summed E-state index contributed by atoms with van der Waals surface area (Å²) in [6.45, 7) is 13.1. The molecule has 2 saturated heterocycles. The summed E-state index contributed by atoms with van der Waals surface area (Å²) < 4.78 is 46.9. The van der Waals surface area contributed by atoms with Crippen LogP contribution < -0.4 is 19.1 Å². The number of amides is 1. The molecule has 15 heteroatoms. The Morgan fingerprint density at radius 1 is 1.02 bits per heavy atom. The molecular formula is C45H54N6O8S. The average Bonchev–Trinajstić information content (AvgIpc) is 3.68. The number of piperazine rings is 1. The number of aromatic amines is 1. The molecule has 2 aliphatic heterocycles. The highest BCUT2D eigenvalue weighted by molar-refractivity contribution is 7.90. The summed E-state index contributed by atoms with van der Waals surface area (Å²) in [5.41, 5.74) is 5.79. The van der Waals surface area contributed by atoms with E-state index < -0.39 is 31.4 Å². The lowest BCUT2D eigenvalue weighted by Crippen LogP contribution is -2.61. The Morgan fingerprint density at radius 3 is 2.52 bits per heavy atom. The molecule has 318 valence electrons. The highest BCUT2D eigenvalue weighted by atomic mass is 32.2. The van der Waals surface area contributed by atoms with Gasteiger partial charge in [-0.2, -0.15) is 0 Å². The molecule has 4 aromatic rings.